The molecule has 0 spiro atoms. The van der Waals surface area contributed by atoms with Crippen molar-refractivity contribution in [2.24, 2.45) is 7.05 Å². The number of aryl methyl sites for hydroxylation is 2. The van der Waals surface area contributed by atoms with Crippen molar-refractivity contribution in [3.05, 3.63) is 39.6 Å². The van der Waals surface area contributed by atoms with Gasteiger partial charge in [0.05, 0.1) is 11.3 Å². The highest BCUT2D eigenvalue weighted by atomic mass is 79.9. The molecule has 2 rings (SSSR count). The number of nitrogens with zero attached hydrogens (tertiary/aromatic N) is 2. The molecule has 0 bridgehead atoms. The minimum atomic E-state index is 0.507. The van der Waals surface area contributed by atoms with Crippen molar-refractivity contribution in [1.29, 1.82) is 0 Å². The van der Waals surface area contributed by atoms with E-state index in [1.165, 1.54) is 0 Å². The molecule has 0 saturated heterocycles. The summed E-state index contributed by atoms with van der Waals surface area (Å²) in [6.45, 7) is 3.80. The molecule has 1 aromatic heterocycles. The number of benzene rings is 1. The molecule has 0 aliphatic heterocycles. The molecule has 5 heteroatoms. The zero-order valence-corrected chi connectivity index (χ0v) is 12.0. The normalized spacial score (nSPS) is 10.4. The number of ether oxygens (including phenoxy) is 1. The summed E-state index contributed by atoms with van der Waals surface area (Å²) in [5, 5.41) is 4.27. The third-order valence-electron chi connectivity index (χ3n) is 2.75. The Morgan fingerprint density at radius 1 is 1.39 bits per heavy atom. The lowest BCUT2D eigenvalue weighted by molar-refractivity contribution is 0.112. The lowest BCUT2D eigenvalue weighted by Gasteiger charge is -2.08. The van der Waals surface area contributed by atoms with E-state index < -0.39 is 0 Å². The number of aldehydes is 1. The number of halogens is 1. The van der Waals surface area contributed by atoms with Gasteiger partial charge in [-0.05, 0) is 32.0 Å². The number of aromatic nitrogens is 2. The maximum Gasteiger partial charge on any atom is 0.171 e. The van der Waals surface area contributed by atoms with Gasteiger partial charge in [-0.2, -0.15) is 5.10 Å². The predicted octanol–water partition coefficient (Wildman–Crippen LogP) is 3.40. The molecule has 0 aliphatic carbocycles. The fourth-order valence-electron chi connectivity index (χ4n) is 1.72. The number of rotatable bonds is 3. The molecular weight excluding hydrogens is 296 g/mol. The summed E-state index contributed by atoms with van der Waals surface area (Å²) in [6.07, 6.45) is 0.779. The Bertz CT molecular complexity index is 605. The summed E-state index contributed by atoms with van der Waals surface area (Å²) in [5.41, 5.74) is 2.23. The third kappa shape index (κ3) is 2.31. The van der Waals surface area contributed by atoms with Gasteiger partial charge in [-0.25, -0.2) is 0 Å². The molecule has 0 radical (unpaired) electrons. The summed E-state index contributed by atoms with van der Waals surface area (Å²) in [6, 6.07) is 5.33. The lowest BCUT2D eigenvalue weighted by Crippen LogP contribution is -1.94. The first-order chi connectivity index (χ1) is 8.52. The zero-order valence-electron chi connectivity index (χ0n) is 10.4. The van der Waals surface area contributed by atoms with Crippen LogP contribution in [0.4, 0.5) is 0 Å². The number of carbonyl (C=O) groups is 1. The molecule has 1 aromatic carbocycles. The molecule has 1 heterocycles. The van der Waals surface area contributed by atoms with Crippen LogP contribution >= 0.6 is 15.9 Å². The largest absolute Gasteiger partial charge is 0.453 e. The molecular formula is C13H13BrN2O2. The maximum absolute atomic E-state index is 11.0. The molecule has 4 nitrogen and oxygen atoms in total. The smallest absolute Gasteiger partial charge is 0.171 e. The van der Waals surface area contributed by atoms with Gasteiger partial charge in [0.2, 0.25) is 0 Å². The molecule has 2 aromatic rings. The highest BCUT2D eigenvalue weighted by molar-refractivity contribution is 9.10. The fraction of sp³-hybridized carbons (Fsp3) is 0.231. The Hall–Kier alpha value is -1.62. The van der Waals surface area contributed by atoms with Crippen molar-refractivity contribution in [2.45, 2.75) is 13.8 Å². The van der Waals surface area contributed by atoms with Crippen LogP contribution in [0.3, 0.4) is 0 Å². The van der Waals surface area contributed by atoms with Gasteiger partial charge in [0, 0.05) is 11.5 Å². The average Bonchev–Trinajstić information content (AvgIpc) is 2.58. The SMILES string of the molecule is Cc1nn(C)c(C)c1Oc1ccc(Br)cc1C=O. The van der Waals surface area contributed by atoms with Crippen molar-refractivity contribution < 1.29 is 9.53 Å². The van der Waals surface area contributed by atoms with E-state index in [0.717, 1.165) is 22.1 Å². The van der Waals surface area contributed by atoms with Crippen LogP contribution in [0.15, 0.2) is 22.7 Å². The number of hydrogen-bond acceptors (Lipinski definition) is 3. The Balaban J connectivity index is 2.42. The van der Waals surface area contributed by atoms with Gasteiger partial charge in [0.15, 0.2) is 12.0 Å². The van der Waals surface area contributed by atoms with Crippen LogP contribution in [-0.2, 0) is 7.05 Å². The van der Waals surface area contributed by atoms with Crippen molar-refractivity contribution in [1.82, 2.24) is 9.78 Å². The maximum atomic E-state index is 11.0. The quantitative estimate of drug-likeness (QED) is 0.816. The number of hydrogen-bond donors (Lipinski definition) is 0. The van der Waals surface area contributed by atoms with Crippen LogP contribution in [0, 0.1) is 13.8 Å². The first kappa shape index (κ1) is 12.8. The first-order valence-electron chi connectivity index (χ1n) is 5.45. The Labute approximate surface area is 114 Å². The van der Waals surface area contributed by atoms with E-state index in [9.17, 15) is 4.79 Å². The van der Waals surface area contributed by atoms with Crippen LogP contribution in [0.25, 0.3) is 0 Å². The summed E-state index contributed by atoms with van der Waals surface area (Å²) >= 11 is 3.32. The van der Waals surface area contributed by atoms with Crippen molar-refractivity contribution >= 4 is 22.2 Å². The zero-order chi connectivity index (χ0) is 13.3. The van der Waals surface area contributed by atoms with Gasteiger partial charge in [0.1, 0.15) is 11.4 Å². The molecule has 0 N–H and O–H groups in total. The van der Waals surface area contributed by atoms with Crippen LogP contribution < -0.4 is 4.74 Å². The van der Waals surface area contributed by atoms with Crippen LogP contribution in [0.5, 0.6) is 11.5 Å². The second-order valence-electron chi connectivity index (χ2n) is 4.03. The second kappa shape index (κ2) is 4.94. The van der Waals surface area contributed by atoms with Crippen LogP contribution in [0.1, 0.15) is 21.7 Å². The van der Waals surface area contributed by atoms with E-state index in [1.54, 1.807) is 16.8 Å². The molecule has 0 amide bonds. The Morgan fingerprint density at radius 2 is 2.11 bits per heavy atom. The summed E-state index contributed by atoms with van der Waals surface area (Å²) in [7, 11) is 1.86. The predicted molar refractivity (Wildman–Crippen MR) is 72.3 cm³/mol. The van der Waals surface area contributed by atoms with E-state index in [0.29, 0.717) is 17.1 Å². The third-order valence-corrected chi connectivity index (χ3v) is 3.25. The molecule has 18 heavy (non-hydrogen) atoms. The molecule has 94 valence electrons. The summed E-state index contributed by atoms with van der Waals surface area (Å²) < 4.78 is 8.40. The van der Waals surface area contributed by atoms with Crippen molar-refractivity contribution in [3.63, 3.8) is 0 Å². The topological polar surface area (TPSA) is 44.1 Å². The van der Waals surface area contributed by atoms with Gasteiger partial charge in [0.25, 0.3) is 0 Å². The van der Waals surface area contributed by atoms with Crippen LogP contribution in [-0.4, -0.2) is 16.1 Å². The van der Waals surface area contributed by atoms with E-state index in [4.69, 9.17) is 4.74 Å². The highest BCUT2D eigenvalue weighted by Crippen LogP contribution is 2.31. The van der Waals surface area contributed by atoms with Gasteiger partial charge < -0.3 is 4.74 Å². The molecule has 0 unspecified atom stereocenters. The van der Waals surface area contributed by atoms with Gasteiger partial charge >= 0.3 is 0 Å². The number of carbonyl (C=O) groups excluding carboxylic acids is 1. The standard InChI is InChI=1S/C13H13BrN2O2/c1-8-13(9(2)16(3)15-8)18-12-5-4-11(14)6-10(12)7-17/h4-7H,1-3H3. The average molecular weight is 309 g/mol. The highest BCUT2D eigenvalue weighted by Gasteiger charge is 2.13. The minimum absolute atomic E-state index is 0.507. The summed E-state index contributed by atoms with van der Waals surface area (Å²) in [4.78, 5) is 11.0. The van der Waals surface area contributed by atoms with E-state index >= 15 is 0 Å². The van der Waals surface area contributed by atoms with E-state index in [-0.39, 0.29) is 0 Å². The van der Waals surface area contributed by atoms with E-state index in [2.05, 4.69) is 21.0 Å². The van der Waals surface area contributed by atoms with Crippen LogP contribution in [0.2, 0.25) is 0 Å². The summed E-state index contributed by atoms with van der Waals surface area (Å²) in [5.74, 6) is 1.23. The molecule has 0 atom stereocenters. The van der Waals surface area contributed by atoms with Gasteiger partial charge in [-0.1, -0.05) is 15.9 Å². The Morgan fingerprint density at radius 3 is 2.67 bits per heavy atom. The Kier molecular flexibility index (Phi) is 3.52. The lowest BCUT2D eigenvalue weighted by atomic mass is 10.2. The molecule has 0 saturated carbocycles. The first-order valence-corrected chi connectivity index (χ1v) is 6.25. The monoisotopic (exact) mass is 308 g/mol. The van der Waals surface area contributed by atoms with Gasteiger partial charge in [-0.3, -0.25) is 9.48 Å². The van der Waals surface area contributed by atoms with Crippen molar-refractivity contribution in [2.75, 3.05) is 0 Å². The van der Waals surface area contributed by atoms with E-state index in [1.807, 2.05) is 27.0 Å². The second-order valence-corrected chi connectivity index (χ2v) is 4.94. The molecule has 0 aliphatic rings. The minimum Gasteiger partial charge on any atom is -0.453 e. The fourth-order valence-corrected chi connectivity index (χ4v) is 2.09. The molecule has 0 fully saturated rings. The van der Waals surface area contributed by atoms with Gasteiger partial charge in [-0.15, -0.1) is 0 Å². The van der Waals surface area contributed by atoms with Crippen molar-refractivity contribution in [3.8, 4) is 11.5 Å².